The highest BCUT2D eigenvalue weighted by atomic mass is 32.1. The highest BCUT2D eigenvalue weighted by molar-refractivity contribution is 7.59. The van der Waals surface area contributed by atoms with E-state index in [4.69, 9.17) is 10.2 Å². The zero-order valence-corrected chi connectivity index (χ0v) is 11.0. The predicted octanol–water partition coefficient (Wildman–Crippen LogP) is 3.51. The molecule has 0 aliphatic heterocycles. The van der Waals surface area contributed by atoms with Crippen LogP contribution >= 0.6 is 13.5 Å². The zero-order valence-electron chi connectivity index (χ0n) is 10.0. The number of benzene rings is 2. The van der Waals surface area contributed by atoms with Crippen LogP contribution in [0.4, 0.5) is 0 Å². The Balaban J connectivity index is 0.000000284. The minimum Gasteiger partial charge on any atom is -0.508 e. The molecule has 17 heavy (non-hydrogen) atoms. The summed E-state index contributed by atoms with van der Waals surface area (Å²) in [4.78, 5) is 0. The van der Waals surface area contributed by atoms with Gasteiger partial charge in [0.15, 0.2) is 0 Å². The van der Waals surface area contributed by atoms with Crippen molar-refractivity contribution in [2.45, 2.75) is 13.8 Å². The Morgan fingerprint density at radius 2 is 0.941 bits per heavy atom. The Labute approximate surface area is 109 Å². The van der Waals surface area contributed by atoms with Crippen LogP contribution in [0.5, 0.6) is 11.5 Å². The van der Waals surface area contributed by atoms with E-state index in [-0.39, 0.29) is 13.5 Å². The van der Waals surface area contributed by atoms with Crippen molar-refractivity contribution in [2.24, 2.45) is 0 Å². The van der Waals surface area contributed by atoms with Crippen LogP contribution in [-0.2, 0) is 0 Å². The van der Waals surface area contributed by atoms with Crippen molar-refractivity contribution >= 4 is 13.5 Å². The maximum absolute atomic E-state index is 8.92. The van der Waals surface area contributed by atoms with Gasteiger partial charge in [-0.2, -0.15) is 13.5 Å². The van der Waals surface area contributed by atoms with Crippen molar-refractivity contribution in [2.75, 3.05) is 0 Å². The Bertz CT molecular complexity index is 370. The number of phenolic OH excluding ortho intramolecular Hbond substituents is 2. The van der Waals surface area contributed by atoms with Crippen LogP contribution in [0.15, 0.2) is 48.5 Å². The summed E-state index contributed by atoms with van der Waals surface area (Å²) >= 11 is 0. The van der Waals surface area contributed by atoms with Crippen LogP contribution in [0.2, 0.25) is 0 Å². The normalized spacial score (nSPS) is 8.59. The van der Waals surface area contributed by atoms with Gasteiger partial charge < -0.3 is 10.2 Å². The molecule has 0 amide bonds. The number of hydrogen-bond donors (Lipinski definition) is 2. The predicted molar refractivity (Wildman–Crippen MR) is 76.1 cm³/mol. The van der Waals surface area contributed by atoms with Gasteiger partial charge in [0.25, 0.3) is 0 Å². The summed E-state index contributed by atoms with van der Waals surface area (Å²) in [6.07, 6.45) is 0. The fraction of sp³-hybridized carbons (Fsp3) is 0.143. The molecule has 0 atom stereocenters. The third-order valence-corrected chi connectivity index (χ3v) is 2.23. The summed E-state index contributed by atoms with van der Waals surface area (Å²) in [6, 6.07) is 14.5. The van der Waals surface area contributed by atoms with Crippen molar-refractivity contribution in [1.82, 2.24) is 0 Å². The van der Waals surface area contributed by atoms with E-state index in [9.17, 15) is 0 Å². The van der Waals surface area contributed by atoms with Gasteiger partial charge in [-0.15, -0.1) is 0 Å². The Hall–Kier alpha value is -1.61. The molecule has 0 heterocycles. The summed E-state index contributed by atoms with van der Waals surface area (Å²) in [5.41, 5.74) is 1.85. The molecule has 0 saturated heterocycles. The molecule has 0 fully saturated rings. The third-order valence-electron chi connectivity index (χ3n) is 2.23. The van der Waals surface area contributed by atoms with Gasteiger partial charge in [0, 0.05) is 0 Å². The van der Waals surface area contributed by atoms with Crippen LogP contribution in [0.1, 0.15) is 11.1 Å². The Kier molecular flexibility index (Phi) is 6.91. The molecule has 2 aromatic rings. The number of phenols is 2. The number of aromatic hydroxyl groups is 2. The lowest BCUT2D eigenvalue weighted by Gasteiger charge is -1.92. The van der Waals surface area contributed by atoms with E-state index < -0.39 is 0 Å². The van der Waals surface area contributed by atoms with Gasteiger partial charge in [-0.1, -0.05) is 36.4 Å². The smallest absolute Gasteiger partial charge is 0.118 e. The fourth-order valence-corrected chi connectivity index (χ4v) is 1.13. The van der Waals surface area contributed by atoms with E-state index in [1.165, 1.54) is 0 Å². The maximum Gasteiger partial charge on any atom is 0.118 e. The molecule has 0 radical (unpaired) electrons. The van der Waals surface area contributed by atoms with Crippen LogP contribution in [0, 0.1) is 13.8 Å². The molecule has 0 aliphatic rings. The first-order chi connectivity index (χ1) is 7.61. The summed E-state index contributed by atoms with van der Waals surface area (Å²) in [5, 5.41) is 17.8. The molecule has 0 bridgehead atoms. The molecule has 2 rings (SSSR count). The van der Waals surface area contributed by atoms with Crippen LogP contribution in [-0.4, -0.2) is 10.2 Å². The van der Waals surface area contributed by atoms with Crippen LogP contribution < -0.4 is 0 Å². The fourth-order valence-electron chi connectivity index (χ4n) is 1.13. The minimum atomic E-state index is 0. The molecule has 0 aromatic heterocycles. The van der Waals surface area contributed by atoms with E-state index in [2.05, 4.69) is 0 Å². The number of hydrogen-bond acceptors (Lipinski definition) is 2. The average molecular weight is 250 g/mol. The zero-order chi connectivity index (χ0) is 12.0. The molecule has 92 valence electrons. The van der Waals surface area contributed by atoms with E-state index in [1.807, 2.05) is 50.2 Å². The molecule has 0 saturated carbocycles. The molecule has 3 heteroatoms. The monoisotopic (exact) mass is 250 g/mol. The first-order valence-corrected chi connectivity index (χ1v) is 5.10. The Morgan fingerprint density at radius 1 is 0.647 bits per heavy atom. The van der Waals surface area contributed by atoms with Crippen molar-refractivity contribution in [1.29, 1.82) is 0 Å². The summed E-state index contributed by atoms with van der Waals surface area (Å²) in [5.74, 6) is 0.736. The van der Waals surface area contributed by atoms with Gasteiger partial charge in [-0.25, -0.2) is 0 Å². The second kappa shape index (κ2) is 7.63. The van der Waals surface area contributed by atoms with Crippen molar-refractivity contribution < 1.29 is 10.2 Å². The number of aryl methyl sites for hydroxylation is 2. The van der Waals surface area contributed by atoms with Gasteiger partial charge in [-0.3, -0.25) is 0 Å². The van der Waals surface area contributed by atoms with Gasteiger partial charge in [0.2, 0.25) is 0 Å². The minimum absolute atomic E-state index is 0. The first kappa shape index (κ1) is 15.4. The third kappa shape index (κ3) is 5.31. The van der Waals surface area contributed by atoms with Crippen molar-refractivity contribution in [3.05, 3.63) is 59.7 Å². The second-order valence-electron chi connectivity index (χ2n) is 3.57. The van der Waals surface area contributed by atoms with E-state index >= 15 is 0 Å². The quantitative estimate of drug-likeness (QED) is 0.751. The number of para-hydroxylation sites is 2. The van der Waals surface area contributed by atoms with E-state index in [0.717, 1.165) is 11.1 Å². The molecule has 2 nitrogen and oxygen atoms in total. The first-order valence-electron chi connectivity index (χ1n) is 5.10. The van der Waals surface area contributed by atoms with Gasteiger partial charge in [-0.05, 0) is 37.1 Å². The van der Waals surface area contributed by atoms with E-state index in [0.29, 0.717) is 11.5 Å². The lowest BCUT2D eigenvalue weighted by Crippen LogP contribution is -1.68. The Morgan fingerprint density at radius 3 is 1.12 bits per heavy atom. The van der Waals surface area contributed by atoms with Gasteiger partial charge >= 0.3 is 0 Å². The molecule has 0 aliphatic carbocycles. The average Bonchev–Trinajstić information content (AvgIpc) is 2.28. The molecule has 2 N–H and O–H groups in total. The summed E-state index contributed by atoms with van der Waals surface area (Å²) in [6.45, 7) is 3.74. The second-order valence-corrected chi connectivity index (χ2v) is 3.57. The number of rotatable bonds is 0. The van der Waals surface area contributed by atoms with Gasteiger partial charge in [0.1, 0.15) is 11.5 Å². The van der Waals surface area contributed by atoms with Crippen molar-refractivity contribution in [3.8, 4) is 11.5 Å². The highest BCUT2D eigenvalue weighted by Crippen LogP contribution is 2.12. The molecular formula is C14H18O2S. The summed E-state index contributed by atoms with van der Waals surface area (Å²) in [7, 11) is 0. The van der Waals surface area contributed by atoms with Gasteiger partial charge in [0.05, 0.1) is 0 Å². The lowest BCUT2D eigenvalue weighted by molar-refractivity contribution is 0.470. The topological polar surface area (TPSA) is 40.5 Å². The largest absolute Gasteiger partial charge is 0.508 e. The highest BCUT2D eigenvalue weighted by Gasteiger charge is 1.87. The molecule has 0 spiro atoms. The molecular weight excluding hydrogens is 232 g/mol. The summed E-state index contributed by atoms with van der Waals surface area (Å²) < 4.78 is 0. The molecule has 2 aromatic carbocycles. The SMILES string of the molecule is Cc1ccccc1O.Cc1ccccc1O.S. The maximum atomic E-state index is 8.92. The van der Waals surface area contributed by atoms with Crippen molar-refractivity contribution in [3.63, 3.8) is 0 Å². The lowest BCUT2D eigenvalue weighted by atomic mass is 10.2. The van der Waals surface area contributed by atoms with Crippen LogP contribution in [0.3, 0.4) is 0 Å². The molecule has 0 unspecified atom stereocenters. The standard InChI is InChI=1S/2C7H8O.H2S/c2*1-6-4-2-3-5-7(6)8;/h2*2-5,8H,1H3;1H2. The van der Waals surface area contributed by atoms with Crippen LogP contribution in [0.25, 0.3) is 0 Å². The van der Waals surface area contributed by atoms with E-state index in [1.54, 1.807) is 12.1 Å².